The minimum absolute atomic E-state index is 0.0404. The SMILES string of the molecule is CCCCCCCCCCCCC(O)CC(=O)NC(CO)C(O)CCCCCCCCCCC. The first-order valence-electron chi connectivity index (χ1n) is 14.8. The second-order valence-electron chi connectivity index (χ2n) is 10.4. The Morgan fingerprint density at radius 1 is 0.618 bits per heavy atom. The average Bonchev–Trinajstić information content (AvgIpc) is 2.82. The summed E-state index contributed by atoms with van der Waals surface area (Å²) in [6.07, 6.45) is 23.3. The molecule has 0 aromatic heterocycles. The number of unbranched alkanes of at least 4 members (excludes halogenated alkanes) is 17. The van der Waals surface area contributed by atoms with E-state index < -0.39 is 18.2 Å². The summed E-state index contributed by atoms with van der Waals surface area (Å²) < 4.78 is 0. The third-order valence-corrected chi connectivity index (χ3v) is 6.92. The van der Waals surface area contributed by atoms with Gasteiger partial charge in [0.2, 0.25) is 5.91 Å². The van der Waals surface area contributed by atoms with E-state index in [0.29, 0.717) is 12.8 Å². The molecule has 4 N–H and O–H groups in total. The van der Waals surface area contributed by atoms with Gasteiger partial charge in [0.05, 0.1) is 31.3 Å². The third kappa shape index (κ3) is 21.9. The molecule has 0 bridgehead atoms. The van der Waals surface area contributed by atoms with Gasteiger partial charge in [-0.25, -0.2) is 0 Å². The number of amides is 1. The third-order valence-electron chi connectivity index (χ3n) is 6.92. The fourth-order valence-corrected chi connectivity index (χ4v) is 4.58. The molecule has 3 unspecified atom stereocenters. The molecule has 0 saturated heterocycles. The highest BCUT2D eigenvalue weighted by Crippen LogP contribution is 2.14. The molecule has 0 radical (unpaired) electrons. The number of nitrogens with one attached hydrogen (secondary N) is 1. The maximum atomic E-state index is 12.2. The molecule has 0 saturated carbocycles. The zero-order chi connectivity index (χ0) is 25.3. The largest absolute Gasteiger partial charge is 0.394 e. The molecule has 0 aliphatic heterocycles. The lowest BCUT2D eigenvalue weighted by atomic mass is 10.0. The highest BCUT2D eigenvalue weighted by atomic mass is 16.3. The van der Waals surface area contributed by atoms with Crippen LogP contribution in [0.25, 0.3) is 0 Å². The van der Waals surface area contributed by atoms with E-state index in [2.05, 4.69) is 19.2 Å². The lowest BCUT2D eigenvalue weighted by molar-refractivity contribution is -0.125. The van der Waals surface area contributed by atoms with Gasteiger partial charge >= 0.3 is 0 Å². The zero-order valence-electron chi connectivity index (χ0n) is 22.7. The van der Waals surface area contributed by atoms with Crippen LogP contribution in [0.1, 0.15) is 155 Å². The molecular weight excluding hydrogens is 426 g/mol. The fraction of sp³-hybridized carbons (Fsp3) is 0.966. The van der Waals surface area contributed by atoms with Crippen LogP contribution in [0.4, 0.5) is 0 Å². The lowest BCUT2D eigenvalue weighted by Gasteiger charge is -2.23. The Bertz CT molecular complexity index is 432. The van der Waals surface area contributed by atoms with Crippen LogP contribution in [0.15, 0.2) is 0 Å². The predicted octanol–water partition coefficient (Wildman–Crippen LogP) is 6.81. The van der Waals surface area contributed by atoms with Crippen LogP contribution in [0, 0.1) is 0 Å². The van der Waals surface area contributed by atoms with Crippen LogP contribution in [-0.2, 0) is 4.79 Å². The number of aliphatic hydroxyl groups is 3. The van der Waals surface area contributed by atoms with E-state index >= 15 is 0 Å². The molecule has 1 amide bonds. The molecule has 0 rings (SSSR count). The monoisotopic (exact) mass is 485 g/mol. The van der Waals surface area contributed by atoms with Crippen LogP contribution in [-0.4, -0.2) is 46.1 Å². The summed E-state index contributed by atoms with van der Waals surface area (Å²) in [6, 6.07) is -0.647. The molecule has 0 aromatic rings. The van der Waals surface area contributed by atoms with Crippen molar-refractivity contribution >= 4 is 5.91 Å². The summed E-state index contributed by atoms with van der Waals surface area (Å²) in [6.45, 7) is 4.19. The van der Waals surface area contributed by atoms with E-state index in [0.717, 1.165) is 25.7 Å². The molecule has 0 aliphatic rings. The van der Waals surface area contributed by atoms with Gasteiger partial charge < -0.3 is 20.6 Å². The van der Waals surface area contributed by atoms with Crippen LogP contribution in [0.2, 0.25) is 0 Å². The molecule has 204 valence electrons. The quantitative estimate of drug-likeness (QED) is 0.101. The standard InChI is InChI=1S/C29H59NO4/c1-3-5-7-9-11-13-15-16-18-20-22-26(32)24-29(34)30-27(25-31)28(33)23-21-19-17-14-12-10-8-6-4-2/h26-28,31-33H,3-25H2,1-2H3,(H,30,34). The Hall–Kier alpha value is -0.650. The molecule has 3 atom stereocenters. The highest BCUT2D eigenvalue weighted by Gasteiger charge is 2.21. The van der Waals surface area contributed by atoms with Crippen molar-refractivity contribution < 1.29 is 20.1 Å². The van der Waals surface area contributed by atoms with Crippen molar-refractivity contribution in [3.63, 3.8) is 0 Å². The Morgan fingerprint density at radius 3 is 1.41 bits per heavy atom. The van der Waals surface area contributed by atoms with Gasteiger partial charge in [0.1, 0.15) is 0 Å². The summed E-state index contributed by atoms with van der Waals surface area (Å²) in [4.78, 5) is 12.2. The zero-order valence-corrected chi connectivity index (χ0v) is 22.7. The van der Waals surface area contributed by atoms with Gasteiger partial charge in [0.15, 0.2) is 0 Å². The van der Waals surface area contributed by atoms with Gasteiger partial charge in [-0.2, -0.15) is 0 Å². The van der Waals surface area contributed by atoms with Crippen molar-refractivity contribution in [3.05, 3.63) is 0 Å². The first kappa shape index (κ1) is 33.4. The Balaban J connectivity index is 3.75. The van der Waals surface area contributed by atoms with E-state index in [4.69, 9.17) is 0 Å². The van der Waals surface area contributed by atoms with Crippen LogP contribution in [0.5, 0.6) is 0 Å². The van der Waals surface area contributed by atoms with Crippen molar-refractivity contribution in [1.82, 2.24) is 5.32 Å². The van der Waals surface area contributed by atoms with E-state index in [-0.39, 0.29) is 18.9 Å². The number of hydrogen-bond donors (Lipinski definition) is 4. The number of carbonyl (C=O) groups excluding carboxylic acids is 1. The molecule has 5 nitrogen and oxygen atoms in total. The van der Waals surface area contributed by atoms with Gasteiger partial charge in [-0.15, -0.1) is 0 Å². The minimum atomic E-state index is -0.738. The van der Waals surface area contributed by atoms with Crippen molar-refractivity contribution in [2.75, 3.05) is 6.61 Å². The van der Waals surface area contributed by atoms with E-state index in [1.807, 2.05) is 0 Å². The van der Waals surface area contributed by atoms with E-state index in [9.17, 15) is 20.1 Å². The van der Waals surface area contributed by atoms with E-state index in [1.54, 1.807) is 0 Å². The normalized spacial score (nSPS) is 14.1. The van der Waals surface area contributed by atoms with Gasteiger partial charge in [-0.05, 0) is 12.8 Å². The van der Waals surface area contributed by atoms with Crippen molar-refractivity contribution in [1.29, 1.82) is 0 Å². The summed E-state index contributed by atoms with van der Waals surface area (Å²) in [7, 11) is 0. The van der Waals surface area contributed by atoms with Gasteiger partial charge in [0.25, 0.3) is 0 Å². The van der Waals surface area contributed by atoms with Crippen LogP contribution < -0.4 is 5.32 Å². The molecule has 0 heterocycles. The number of carbonyl (C=O) groups is 1. The Morgan fingerprint density at radius 2 is 1.00 bits per heavy atom. The van der Waals surface area contributed by atoms with Crippen LogP contribution in [0.3, 0.4) is 0 Å². The summed E-state index contributed by atoms with van der Waals surface area (Å²) in [5.41, 5.74) is 0. The first-order valence-corrected chi connectivity index (χ1v) is 14.8. The Labute approximate surface area is 211 Å². The molecule has 0 aromatic carbocycles. The number of hydrogen-bond acceptors (Lipinski definition) is 4. The molecule has 0 fully saturated rings. The second kappa shape index (κ2) is 25.4. The molecule has 0 spiro atoms. The van der Waals surface area contributed by atoms with Gasteiger partial charge in [-0.3, -0.25) is 4.79 Å². The topological polar surface area (TPSA) is 89.8 Å². The summed E-state index contributed by atoms with van der Waals surface area (Å²) >= 11 is 0. The highest BCUT2D eigenvalue weighted by molar-refractivity contribution is 5.76. The molecule has 5 heteroatoms. The van der Waals surface area contributed by atoms with Crippen molar-refractivity contribution in [2.24, 2.45) is 0 Å². The summed E-state index contributed by atoms with van der Waals surface area (Å²) in [5.74, 6) is -0.287. The minimum Gasteiger partial charge on any atom is -0.394 e. The maximum Gasteiger partial charge on any atom is 0.222 e. The van der Waals surface area contributed by atoms with Gasteiger partial charge in [-0.1, -0.05) is 136 Å². The second-order valence-corrected chi connectivity index (χ2v) is 10.4. The first-order chi connectivity index (χ1) is 16.5. The van der Waals surface area contributed by atoms with Crippen molar-refractivity contribution in [2.45, 2.75) is 173 Å². The lowest BCUT2D eigenvalue weighted by Crippen LogP contribution is -2.46. The van der Waals surface area contributed by atoms with Crippen molar-refractivity contribution in [3.8, 4) is 0 Å². The van der Waals surface area contributed by atoms with E-state index in [1.165, 1.54) is 96.3 Å². The molecule has 34 heavy (non-hydrogen) atoms. The molecular formula is C29H59NO4. The number of rotatable bonds is 26. The van der Waals surface area contributed by atoms with Gasteiger partial charge in [0, 0.05) is 0 Å². The number of aliphatic hydroxyl groups excluding tert-OH is 3. The molecule has 0 aliphatic carbocycles. The summed E-state index contributed by atoms with van der Waals surface area (Å²) in [5, 5.41) is 32.8. The average molecular weight is 486 g/mol. The maximum absolute atomic E-state index is 12.2. The smallest absolute Gasteiger partial charge is 0.222 e. The Kier molecular flexibility index (Phi) is 25.0. The predicted molar refractivity (Wildman–Crippen MR) is 144 cm³/mol. The van der Waals surface area contributed by atoms with Crippen LogP contribution >= 0.6 is 0 Å². The fourth-order valence-electron chi connectivity index (χ4n) is 4.58.